The molecule has 0 amide bonds. The van der Waals surface area contributed by atoms with Gasteiger partial charge in [0.05, 0.1) is 5.56 Å². The highest BCUT2D eigenvalue weighted by atomic mass is 19.1. The minimum Gasteiger partial charge on any atom is -0.488 e. The first-order valence-corrected chi connectivity index (χ1v) is 11.7. The van der Waals surface area contributed by atoms with Crippen LogP contribution in [0.1, 0.15) is 80.8 Å². The minimum absolute atomic E-state index is 0.00317. The molecule has 2 fully saturated rings. The summed E-state index contributed by atoms with van der Waals surface area (Å²) in [6, 6.07) is 13.7. The van der Waals surface area contributed by atoms with E-state index in [1.165, 1.54) is 11.6 Å². The zero-order valence-electron chi connectivity index (χ0n) is 19.6. The Kier molecular flexibility index (Phi) is 6.57. The van der Waals surface area contributed by atoms with E-state index in [-0.39, 0.29) is 17.7 Å². The zero-order chi connectivity index (χ0) is 22.9. The number of piperidine rings is 1. The Labute approximate surface area is 190 Å². The fourth-order valence-electron chi connectivity index (χ4n) is 4.41. The van der Waals surface area contributed by atoms with E-state index in [1.54, 1.807) is 26.8 Å². The largest absolute Gasteiger partial charge is 0.488 e. The van der Waals surface area contributed by atoms with Gasteiger partial charge in [-0.15, -0.1) is 0 Å². The maximum atomic E-state index is 15.0. The maximum absolute atomic E-state index is 15.0. The molecule has 4 nitrogen and oxygen atoms in total. The molecule has 0 unspecified atom stereocenters. The molecule has 1 saturated heterocycles. The highest BCUT2D eigenvalue weighted by Crippen LogP contribution is 2.46. The maximum Gasteiger partial charge on any atom is 0.341 e. The van der Waals surface area contributed by atoms with Crippen LogP contribution in [-0.4, -0.2) is 35.2 Å². The Bertz CT molecular complexity index is 949. The van der Waals surface area contributed by atoms with E-state index in [9.17, 15) is 9.18 Å². The van der Waals surface area contributed by atoms with Crippen LogP contribution < -0.4 is 4.74 Å². The average molecular weight is 440 g/mol. The molecular formula is C27H34FNO3. The van der Waals surface area contributed by atoms with Gasteiger partial charge in [0.25, 0.3) is 0 Å². The Morgan fingerprint density at radius 3 is 2.50 bits per heavy atom. The van der Waals surface area contributed by atoms with Crippen LogP contribution in [0, 0.1) is 5.82 Å². The van der Waals surface area contributed by atoms with Crippen LogP contribution in [0.3, 0.4) is 0 Å². The fourth-order valence-corrected chi connectivity index (χ4v) is 4.41. The van der Waals surface area contributed by atoms with E-state index in [0.717, 1.165) is 44.3 Å². The third kappa shape index (κ3) is 5.50. The molecule has 172 valence electrons. The number of ether oxygens (including phenoxy) is 2. The van der Waals surface area contributed by atoms with Gasteiger partial charge in [-0.3, -0.25) is 4.90 Å². The molecule has 0 aromatic heterocycles. The van der Waals surface area contributed by atoms with Crippen molar-refractivity contribution < 1.29 is 18.7 Å². The van der Waals surface area contributed by atoms with Gasteiger partial charge in [-0.1, -0.05) is 30.3 Å². The molecule has 0 N–H and O–H groups in total. The number of esters is 1. The van der Waals surface area contributed by atoms with Crippen LogP contribution in [-0.2, 0) is 11.3 Å². The van der Waals surface area contributed by atoms with Gasteiger partial charge in [-0.25, -0.2) is 9.18 Å². The zero-order valence-corrected chi connectivity index (χ0v) is 19.6. The Balaban J connectivity index is 1.53. The molecule has 2 atom stereocenters. The number of halogens is 1. The Morgan fingerprint density at radius 1 is 1.12 bits per heavy atom. The van der Waals surface area contributed by atoms with Crippen LogP contribution >= 0.6 is 0 Å². The molecule has 1 saturated carbocycles. The first kappa shape index (κ1) is 22.8. The van der Waals surface area contributed by atoms with E-state index >= 15 is 0 Å². The van der Waals surface area contributed by atoms with Crippen molar-refractivity contribution in [3.05, 3.63) is 65.0 Å². The van der Waals surface area contributed by atoms with Crippen molar-refractivity contribution in [1.82, 2.24) is 4.90 Å². The average Bonchev–Trinajstić information content (AvgIpc) is 3.56. The smallest absolute Gasteiger partial charge is 0.341 e. The molecule has 2 aliphatic rings. The second-order valence-corrected chi connectivity index (χ2v) is 10.1. The van der Waals surface area contributed by atoms with Gasteiger partial charge in [-0.05, 0) is 83.0 Å². The molecule has 0 radical (unpaired) electrons. The van der Waals surface area contributed by atoms with E-state index in [4.69, 9.17) is 9.47 Å². The van der Waals surface area contributed by atoms with Crippen molar-refractivity contribution in [1.29, 1.82) is 0 Å². The van der Waals surface area contributed by atoms with Crippen LogP contribution in [0.5, 0.6) is 5.75 Å². The van der Waals surface area contributed by atoms with Gasteiger partial charge in [0.1, 0.15) is 23.3 Å². The molecule has 4 rings (SSSR count). The van der Waals surface area contributed by atoms with E-state index in [0.29, 0.717) is 11.7 Å². The molecule has 0 spiro atoms. The summed E-state index contributed by atoms with van der Waals surface area (Å²) in [5, 5.41) is 0. The van der Waals surface area contributed by atoms with Gasteiger partial charge in [0.15, 0.2) is 0 Å². The molecule has 1 heterocycles. The number of rotatable bonds is 6. The second-order valence-electron chi connectivity index (χ2n) is 10.1. The standard InChI is InChI=1S/C27H34FNO3/c1-18-24(11-8-14-29(18)17-19-9-6-5-7-10-19)31-25-16-23(28)22(15-21(25)20-12-13-20)26(30)32-27(2,3)4/h5-7,9-10,15-16,18,20,24H,8,11-14,17H2,1-4H3/t18-,24-/m0/s1. The summed E-state index contributed by atoms with van der Waals surface area (Å²) in [6.45, 7) is 9.45. The van der Waals surface area contributed by atoms with Crippen LogP contribution in [0.4, 0.5) is 4.39 Å². The molecule has 1 aliphatic carbocycles. The number of benzene rings is 2. The summed E-state index contributed by atoms with van der Waals surface area (Å²) in [6.07, 6.45) is 4.04. The molecule has 2 aromatic carbocycles. The van der Waals surface area contributed by atoms with Crippen LogP contribution in [0.15, 0.2) is 42.5 Å². The molecule has 2 aromatic rings. The van der Waals surface area contributed by atoms with Crippen molar-refractivity contribution in [2.45, 2.75) is 83.6 Å². The summed E-state index contributed by atoms with van der Waals surface area (Å²) >= 11 is 0. The first-order valence-electron chi connectivity index (χ1n) is 11.7. The normalized spacial score (nSPS) is 21.9. The summed E-state index contributed by atoms with van der Waals surface area (Å²) in [7, 11) is 0. The number of nitrogens with zero attached hydrogens (tertiary/aromatic N) is 1. The predicted molar refractivity (Wildman–Crippen MR) is 124 cm³/mol. The van der Waals surface area contributed by atoms with Crippen LogP contribution in [0.25, 0.3) is 0 Å². The second kappa shape index (κ2) is 9.22. The van der Waals surface area contributed by atoms with Crippen LogP contribution in [0.2, 0.25) is 0 Å². The lowest BCUT2D eigenvalue weighted by molar-refractivity contribution is 0.00641. The van der Waals surface area contributed by atoms with E-state index < -0.39 is 17.4 Å². The van der Waals surface area contributed by atoms with E-state index in [2.05, 4.69) is 36.1 Å². The van der Waals surface area contributed by atoms with Gasteiger partial charge in [0, 0.05) is 18.7 Å². The van der Waals surface area contributed by atoms with E-state index in [1.807, 2.05) is 6.07 Å². The quantitative estimate of drug-likeness (QED) is 0.511. The minimum atomic E-state index is -0.668. The summed E-state index contributed by atoms with van der Waals surface area (Å²) in [5.74, 6) is -0.298. The molecular weight excluding hydrogens is 405 g/mol. The molecule has 0 bridgehead atoms. The number of hydrogen-bond donors (Lipinski definition) is 0. The Hall–Kier alpha value is -2.40. The highest BCUT2D eigenvalue weighted by molar-refractivity contribution is 5.90. The molecule has 32 heavy (non-hydrogen) atoms. The highest BCUT2D eigenvalue weighted by Gasteiger charge is 2.34. The third-order valence-electron chi connectivity index (χ3n) is 6.29. The van der Waals surface area contributed by atoms with Gasteiger partial charge in [0.2, 0.25) is 0 Å². The van der Waals surface area contributed by atoms with Crippen molar-refractivity contribution >= 4 is 5.97 Å². The lowest BCUT2D eigenvalue weighted by Gasteiger charge is -2.39. The fraction of sp³-hybridized carbons (Fsp3) is 0.519. The number of likely N-dealkylation sites (tertiary alicyclic amines) is 1. The summed E-state index contributed by atoms with van der Waals surface area (Å²) < 4.78 is 26.8. The summed E-state index contributed by atoms with van der Waals surface area (Å²) in [4.78, 5) is 15.0. The van der Waals surface area contributed by atoms with Crippen molar-refractivity contribution in [3.63, 3.8) is 0 Å². The predicted octanol–water partition coefficient (Wildman–Crippen LogP) is 6.09. The number of hydrogen-bond acceptors (Lipinski definition) is 4. The lowest BCUT2D eigenvalue weighted by atomic mass is 9.98. The SMILES string of the molecule is C[C@H]1[C@@H](Oc2cc(F)c(C(=O)OC(C)(C)C)cc2C2CC2)CCCN1Cc1ccccc1. The Morgan fingerprint density at radius 2 is 1.84 bits per heavy atom. The molecule has 1 aliphatic heterocycles. The molecule has 5 heteroatoms. The third-order valence-corrected chi connectivity index (χ3v) is 6.29. The summed E-state index contributed by atoms with van der Waals surface area (Å²) in [5.41, 5.74) is 1.54. The van der Waals surface area contributed by atoms with Crippen molar-refractivity contribution in [3.8, 4) is 5.75 Å². The first-order chi connectivity index (χ1) is 15.2. The monoisotopic (exact) mass is 439 g/mol. The van der Waals surface area contributed by atoms with Crippen molar-refractivity contribution in [2.24, 2.45) is 0 Å². The number of carbonyl (C=O) groups excluding carboxylic acids is 1. The van der Waals surface area contributed by atoms with Gasteiger partial charge < -0.3 is 9.47 Å². The topological polar surface area (TPSA) is 38.8 Å². The van der Waals surface area contributed by atoms with Gasteiger partial charge in [-0.2, -0.15) is 0 Å². The number of carbonyl (C=O) groups is 1. The lowest BCUT2D eigenvalue weighted by Crippen LogP contribution is -2.48. The van der Waals surface area contributed by atoms with Gasteiger partial charge >= 0.3 is 5.97 Å². The van der Waals surface area contributed by atoms with Crippen molar-refractivity contribution in [2.75, 3.05) is 6.54 Å².